The molecule has 0 aromatic heterocycles. The molecule has 4 N–H and O–H groups in total. The highest BCUT2D eigenvalue weighted by atomic mass is 17.1. The normalized spacial score (nSPS) is 41.9. The zero-order chi connectivity index (χ0) is 27.2. The lowest BCUT2D eigenvalue weighted by Gasteiger charge is -2.54. The van der Waals surface area contributed by atoms with E-state index in [4.69, 9.17) is 9.99 Å². The third kappa shape index (κ3) is 5.79. The van der Waals surface area contributed by atoms with Gasteiger partial charge in [-0.15, -0.1) is 0 Å². The van der Waals surface area contributed by atoms with Crippen LogP contribution in [0.2, 0.25) is 0 Å². The summed E-state index contributed by atoms with van der Waals surface area (Å²) in [5, 5.41) is 42.7. The Kier molecular flexibility index (Phi) is 8.63. The topological polar surface area (TPSA) is 99.4 Å². The maximum atomic E-state index is 11.6. The molecule has 7 atom stereocenters. The van der Waals surface area contributed by atoms with Crippen molar-refractivity contribution < 1.29 is 30.2 Å². The van der Waals surface area contributed by atoms with E-state index in [0.717, 1.165) is 38.5 Å². The predicted octanol–water partition coefficient (Wildman–Crippen LogP) is 5.94. The van der Waals surface area contributed by atoms with Crippen LogP contribution >= 0.6 is 0 Å². The molecule has 1 heterocycles. The molecule has 1 saturated heterocycles. The highest BCUT2D eigenvalue weighted by Gasteiger charge is 2.56. The van der Waals surface area contributed by atoms with Gasteiger partial charge in [-0.1, -0.05) is 37.1 Å². The second kappa shape index (κ2) is 10.4. The molecule has 0 spiro atoms. The Morgan fingerprint density at radius 3 is 2.33 bits per heavy atom. The van der Waals surface area contributed by atoms with Gasteiger partial charge in [0.1, 0.15) is 5.60 Å². The van der Waals surface area contributed by atoms with Gasteiger partial charge in [-0.3, -0.25) is 5.26 Å². The standard InChI is InChI=1S/C30H52O6/c1-20-10-13-24(32)28(6,17-9-16-26(2,3)36-34)21(20)11-12-22-29(7)18-14-23(31)27(4,5)35-25(29)15-19-30(22,8)33/h9,16,22-25,31-34H,10-15,17-19H2,1-8H3/b16-9+/t22-,23-,24+,25-,28-,29-,30-/m0/s1. The third-order valence-electron chi connectivity index (χ3n) is 10.1. The largest absolute Gasteiger partial charge is 0.392 e. The van der Waals surface area contributed by atoms with Crippen LogP contribution in [-0.4, -0.2) is 55.7 Å². The minimum Gasteiger partial charge on any atom is -0.392 e. The summed E-state index contributed by atoms with van der Waals surface area (Å²) in [6.07, 6.45) is 9.72. The molecule has 0 amide bonds. The Bertz CT molecular complexity index is 842. The van der Waals surface area contributed by atoms with E-state index in [2.05, 4.69) is 25.7 Å². The first-order valence-electron chi connectivity index (χ1n) is 13.9. The Morgan fingerprint density at radius 2 is 1.69 bits per heavy atom. The molecule has 2 aliphatic carbocycles. The number of allylic oxidation sites excluding steroid dienone is 2. The number of aliphatic hydroxyl groups is 3. The molecule has 2 fully saturated rings. The highest BCUT2D eigenvalue weighted by molar-refractivity contribution is 5.27. The Labute approximate surface area is 218 Å². The van der Waals surface area contributed by atoms with Crippen molar-refractivity contribution in [3.05, 3.63) is 23.3 Å². The lowest BCUT2D eigenvalue weighted by molar-refractivity contribution is -0.297. The van der Waals surface area contributed by atoms with Crippen LogP contribution in [0.15, 0.2) is 23.3 Å². The second-order valence-corrected chi connectivity index (χ2v) is 13.8. The summed E-state index contributed by atoms with van der Waals surface area (Å²) < 4.78 is 6.55. The predicted molar refractivity (Wildman–Crippen MR) is 142 cm³/mol. The maximum absolute atomic E-state index is 11.6. The van der Waals surface area contributed by atoms with Gasteiger partial charge in [0.25, 0.3) is 0 Å². The molecule has 1 saturated carbocycles. The van der Waals surface area contributed by atoms with Crippen LogP contribution in [0.25, 0.3) is 0 Å². The van der Waals surface area contributed by atoms with Gasteiger partial charge < -0.3 is 20.1 Å². The first-order chi connectivity index (χ1) is 16.5. The quantitative estimate of drug-likeness (QED) is 0.193. The molecular formula is C30H52O6. The Morgan fingerprint density at radius 1 is 1.03 bits per heavy atom. The first kappa shape index (κ1) is 29.8. The van der Waals surface area contributed by atoms with Gasteiger partial charge in [-0.05, 0) is 111 Å². The van der Waals surface area contributed by atoms with Gasteiger partial charge in [0, 0.05) is 5.41 Å². The van der Waals surface area contributed by atoms with Gasteiger partial charge in [0.15, 0.2) is 0 Å². The summed E-state index contributed by atoms with van der Waals surface area (Å²) in [6.45, 7) is 16.1. The van der Waals surface area contributed by atoms with Crippen molar-refractivity contribution in [2.45, 2.75) is 148 Å². The van der Waals surface area contributed by atoms with Crippen LogP contribution in [0.5, 0.6) is 0 Å². The van der Waals surface area contributed by atoms with Crippen molar-refractivity contribution in [2.75, 3.05) is 0 Å². The Hall–Kier alpha value is -0.760. The molecule has 36 heavy (non-hydrogen) atoms. The highest BCUT2D eigenvalue weighted by Crippen LogP contribution is 2.56. The van der Waals surface area contributed by atoms with Gasteiger partial charge in [0.2, 0.25) is 0 Å². The van der Waals surface area contributed by atoms with E-state index in [9.17, 15) is 15.3 Å². The summed E-state index contributed by atoms with van der Waals surface area (Å²) in [4.78, 5) is 4.56. The third-order valence-corrected chi connectivity index (χ3v) is 10.1. The number of hydrogen-bond acceptors (Lipinski definition) is 6. The maximum Gasteiger partial charge on any atom is 0.116 e. The van der Waals surface area contributed by atoms with Gasteiger partial charge in [-0.25, -0.2) is 4.89 Å². The number of fused-ring (bicyclic) bond motifs is 1. The molecule has 0 unspecified atom stereocenters. The van der Waals surface area contributed by atoms with Crippen LogP contribution in [0.3, 0.4) is 0 Å². The fourth-order valence-electron chi connectivity index (χ4n) is 7.45. The van der Waals surface area contributed by atoms with Gasteiger partial charge in [0.05, 0.1) is 29.5 Å². The average molecular weight is 509 g/mol. The summed E-state index contributed by atoms with van der Waals surface area (Å²) in [5.74, 6) is 0.0192. The van der Waals surface area contributed by atoms with Crippen LogP contribution in [-0.2, 0) is 9.62 Å². The molecule has 0 bridgehead atoms. The molecule has 6 nitrogen and oxygen atoms in total. The van der Waals surface area contributed by atoms with Crippen molar-refractivity contribution in [2.24, 2.45) is 16.7 Å². The van der Waals surface area contributed by atoms with E-state index in [0.29, 0.717) is 19.3 Å². The van der Waals surface area contributed by atoms with E-state index in [-0.39, 0.29) is 17.4 Å². The lowest BCUT2D eigenvalue weighted by atomic mass is 9.55. The number of hydrogen-bond donors (Lipinski definition) is 4. The summed E-state index contributed by atoms with van der Waals surface area (Å²) >= 11 is 0. The van der Waals surface area contributed by atoms with Crippen molar-refractivity contribution in [1.29, 1.82) is 0 Å². The molecule has 0 aromatic carbocycles. The average Bonchev–Trinajstić information content (AvgIpc) is 2.87. The van der Waals surface area contributed by atoms with Crippen molar-refractivity contribution in [3.8, 4) is 0 Å². The number of ether oxygens (including phenoxy) is 1. The first-order valence-corrected chi connectivity index (χ1v) is 13.9. The Balaban J connectivity index is 1.88. The number of aliphatic hydroxyl groups excluding tert-OH is 2. The molecule has 0 aromatic rings. The molecule has 3 aliphatic rings. The van der Waals surface area contributed by atoms with E-state index in [1.165, 1.54) is 11.1 Å². The van der Waals surface area contributed by atoms with Crippen LogP contribution in [0.4, 0.5) is 0 Å². The summed E-state index contributed by atoms with van der Waals surface area (Å²) in [5.41, 5.74) is -0.226. The van der Waals surface area contributed by atoms with Crippen molar-refractivity contribution in [3.63, 3.8) is 0 Å². The minimum absolute atomic E-state index is 0.00284. The molecule has 1 aliphatic heterocycles. The second-order valence-electron chi connectivity index (χ2n) is 13.8. The van der Waals surface area contributed by atoms with Crippen molar-refractivity contribution >= 4 is 0 Å². The summed E-state index contributed by atoms with van der Waals surface area (Å²) in [6, 6.07) is 0. The smallest absolute Gasteiger partial charge is 0.116 e. The van der Waals surface area contributed by atoms with Gasteiger partial charge in [-0.2, -0.15) is 0 Å². The minimum atomic E-state index is -0.811. The lowest BCUT2D eigenvalue weighted by Crippen LogP contribution is -2.56. The fourth-order valence-corrected chi connectivity index (χ4v) is 7.45. The van der Waals surface area contributed by atoms with Crippen LogP contribution in [0.1, 0.15) is 113 Å². The molecule has 6 heteroatoms. The van der Waals surface area contributed by atoms with E-state index in [1.54, 1.807) is 13.8 Å². The van der Waals surface area contributed by atoms with Crippen molar-refractivity contribution in [1.82, 2.24) is 0 Å². The molecule has 0 radical (unpaired) electrons. The zero-order valence-corrected chi connectivity index (χ0v) is 23.9. The molecular weight excluding hydrogens is 456 g/mol. The van der Waals surface area contributed by atoms with Crippen LogP contribution < -0.4 is 0 Å². The molecule has 3 rings (SSSR count). The monoisotopic (exact) mass is 508 g/mol. The SMILES string of the molecule is CC1=C(CC[C@H]2[C@]3(C)CC[C@H](O)C(C)(C)O[C@H]3CC[C@]2(C)O)[C@](C)(C/C=C/C(C)(C)OO)[C@H](O)CC1. The molecule has 208 valence electrons. The number of rotatable bonds is 7. The van der Waals surface area contributed by atoms with E-state index >= 15 is 0 Å². The van der Waals surface area contributed by atoms with Crippen LogP contribution in [0, 0.1) is 16.7 Å². The van der Waals surface area contributed by atoms with Gasteiger partial charge >= 0.3 is 0 Å². The zero-order valence-electron chi connectivity index (χ0n) is 23.9. The van der Waals surface area contributed by atoms with E-state index in [1.807, 2.05) is 32.9 Å². The van der Waals surface area contributed by atoms with E-state index < -0.39 is 34.4 Å². The summed E-state index contributed by atoms with van der Waals surface area (Å²) in [7, 11) is 0. The fraction of sp³-hybridized carbons (Fsp3) is 0.867.